The van der Waals surface area contributed by atoms with Gasteiger partial charge in [-0.2, -0.15) is 0 Å². The molecule has 0 heterocycles. The van der Waals surface area contributed by atoms with Gasteiger partial charge in [0, 0.05) is 6.61 Å². The van der Waals surface area contributed by atoms with Crippen molar-refractivity contribution in [2.24, 2.45) is 5.92 Å². The van der Waals surface area contributed by atoms with Crippen molar-refractivity contribution in [1.29, 1.82) is 0 Å². The summed E-state index contributed by atoms with van der Waals surface area (Å²) in [6.07, 6.45) is 3.92. The van der Waals surface area contributed by atoms with Gasteiger partial charge in [0.2, 0.25) is 0 Å². The topological polar surface area (TPSA) is 26.3 Å². The molecule has 2 aromatic rings. The van der Waals surface area contributed by atoms with Crippen molar-refractivity contribution in [1.82, 2.24) is 0 Å². The van der Waals surface area contributed by atoms with Crippen LogP contribution in [0.15, 0.2) is 72.3 Å². The lowest BCUT2D eigenvalue weighted by atomic mass is 10.1. The predicted molar refractivity (Wildman–Crippen MR) is 117 cm³/mol. The zero-order valence-electron chi connectivity index (χ0n) is 17.2. The molecular formula is C24H32O2Si. The molecule has 0 aromatic heterocycles. The summed E-state index contributed by atoms with van der Waals surface area (Å²) in [5.74, 6) is 0.233. The fourth-order valence-corrected chi connectivity index (χ4v) is 8.31. The second-order valence-corrected chi connectivity index (χ2v) is 12.5. The van der Waals surface area contributed by atoms with Gasteiger partial charge in [-0.1, -0.05) is 94.4 Å². The third kappa shape index (κ3) is 4.85. The lowest BCUT2D eigenvalue weighted by Crippen LogP contribution is -2.66. The molecule has 27 heavy (non-hydrogen) atoms. The highest BCUT2D eigenvalue weighted by Gasteiger charge is 2.50. The number of aldehydes is 1. The first kappa shape index (κ1) is 21.3. The molecule has 3 heteroatoms. The lowest BCUT2D eigenvalue weighted by molar-refractivity contribution is -0.104. The molecule has 0 saturated carbocycles. The van der Waals surface area contributed by atoms with E-state index in [-0.39, 0.29) is 11.0 Å². The minimum absolute atomic E-state index is 0.0303. The molecule has 144 valence electrons. The standard InChI is InChI=1S/C24H32O2Si/c1-6-21(17-20(2)18-25)19-26-27(24(3,4)5,22-13-9-7-10-14-22)23-15-11-8-12-16-23/h7-18,21H,6,19H2,1-5H3/b20-17+/t21-/m1/s1. The van der Waals surface area contributed by atoms with E-state index in [1.807, 2.05) is 13.0 Å². The molecule has 0 saturated heterocycles. The van der Waals surface area contributed by atoms with Gasteiger partial charge < -0.3 is 4.43 Å². The predicted octanol–water partition coefficient (Wildman–Crippen LogP) is 4.73. The van der Waals surface area contributed by atoms with Crippen molar-refractivity contribution < 1.29 is 9.22 Å². The first-order valence-corrected chi connectivity index (χ1v) is 11.6. The summed E-state index contributed by atoms with van der Waals surface area (Å²) < 4.78 is 6.94. The largest absolute Gasteiger partial charge is 0.407 e. The van der Waals surface area contributed by atoms with E-state index in [0.29, 0.717) is 6.61 Å². The smallest absolute Gasteiger partial charge is 0.261 e. The molecule has 2 aromatic carbocycles. The summed E-state index contributed by atoms with van der Waals surface area (Å²) in [5.41, 5.74) is 0.771. The quantitative estimate of drug-likeness (QED) is 0.376. The number of benzene rings is 2. The average molecular weight is 381 g/mol. The fraction of sp³-hybridized carbons (Fsp3) is 0.375. The van der Waals surface area contributed by atoms with Crippen molar-refractivity contribution in [3.05, 3.63) is 72.3 Å². The number of carbonyl (C=O) groups excluding carboxylic acids is 1. The molecule has 0 aliphatic carbocycles. The van der Waals surface area contributed by atoms with Crippen LogP contribution in [0.4, 0.5) is 0 Å². The Morgan fingerprint density at radius 1 is 1.00 bits per heavy atom. The molecule has 0 amide bonds. The summed E-state index contributed by atoms with van der Waals surface area (Å²) in [4.78, 5) is 11.1. The number of allylic oxidation sites excluding steroid dienone is 1. The zero-order valence-corrected chi connectivity index (χ0v) is 18.2. The number of hydrogen-bond donors (Lipinski definition) is 0. The molecular weight excluding hydrogens is 348 g/mol. The van der Waals surface area contributed by atoms with Gasteiger partial charge in [0.25, 0.3) is 8.32 Å². The highest BCUT2D eigenvalue weighted by Crippen LogP contribution is 2.37. The molecule has 0 N–H and O–H groups in total. The van der Waals surface area contributed by atoms with Crippen LogP contribution >= 0.6 is 0 Å². The van der Waals surface area contributed by atoms with Crippen LogP contribution in [0.3, 0.4) is 0 Å². The second kappa shape index (κ2) is 9.29. The summed E-state index contributed by atoms with van der Waals surface area (Å²) in [6, 6.07) is 21.3. The van der Waals surface area contributed by atoms with Crippen molar-refractivity contribution in [3.8, 4) is 0 Å². The maximum atomic E-state index is 11.1. The molecule has 0 aliphatic rings. The van der Waals surface area contributed by atoms with Crippen LogP contribution in [0.25, 0.3) is 0 Å². The van der Waals surface area contributed by atoms with Gasteiger partial charge in [-0.3, -0.25) is 4.79 Å². The summed E-state index contributed by atoms with van der Waals surface area (Å²) >= 11 is 0. The third-order valence-electron chi connectivity index (χ3n) is 5.14. The third-order valence-corrected chi connectivity index (χ3v) is 10.1. The normalized spacial score (nSPS) is 14.0. The molecule has 0 unspecified atom stereocenters. The maximum Gasteiger partial charge on any atom is 0.261 e. The van der Waals surface area contributed by atoms with Gasteiger partial charge in [-0.05, 0) is 40.2 Å². The molecule has 0 bridgehead atoms. The van der Waals surface area contributed by atoms with E-state index < -0.39 is 8.32 Å². The molecule has 2 nitrogen and oxygen atoms in total. The summed E-state index contributed by atoms with van der Waals surface area (Å²) in [5, 5.41) is 2.54. The van der Waals surface area contributed by atoms with Crippen molar-refractivity contribution in [2.75, 3.05) is 6.61 Å². The Labute approximate surface area is 165 Å². The van der Waals surface area contributed by atoms with E-state index in [9.17, 15) is 4.79 Å². The molecule has 0 aliphatic heterocycles. The van der Waals surface area contributed by atoms with Crippen LogP contribution < -0.4 is 10.4 Å². The zero-order chi connectivity index (χ0) is 19.9. The minimum atomic E-state index is -2.51. The van der Waals surface area contributed by atoms with Crippen LogP contribution in [0.1, 0.15) is 41.0 Å². The first-order valence-electron chi connectivity index (χ1n) is 9.73. The van der Waals surface area contributed by atoms with Gasteiger partial charge >= 0.3 is 0 Å². The van der Waals surface area contributed by atoms with Gasteiger partial charge in [0.1, 0.15) is 6.29 Å². The fourth-order valence-electron chi connectivity index (χ4n) is 3.69. The molecule has 2 rings (SSSR count). The Morgan fingerprint density at radius 3 is 1.85 bits per heavy atom. The van der Waals surface area contributed by atoms with Crippen LogP contribution in [0, 0.1) is 5.92 Å². The monoisotopic (exact) mass is 380 g/mol. The van der Waals surface area contributed by atoms with Crippen LogP contribution in [0.2, 0.25) is 5.04 Å². The van der Waals surface area contributed by atoms with Crippen molar-refractivity contribution >= 4 is 25.0 Å². The summed E-state index contributed by atoms with van der Waals surface area (Å²) in [7, 11) is -2.51. The van der Waals surface area contributed by atoms with Gasteiger partial charge in [-0.25, -0.2) is 0 Å². The Kier molecular flexibility index (Phi) is 7.34. The Hall–Kier alpha value is -1.97. The number of hydrogen-bond acceptors (Lipinski definition) is 2. The Bertz CT molecular complexity index is 705. The van der Waals surface area contributed by atoms with E-state index >= 15 is 0 Å². The number of carbonyl (C=O) groups is 1. The highest BCUT2D eigenvalue weighted by atomic mass is 28.4. The van der Waals surface area contributed by atoms with E-state index in [4.69, 9.17) is 4.43 Å². The molecule has 0 fully saturated rings. The number of rotatable bonds is 8. The van der Waals surface area contributed by atoms with Crippen molar-refractivity contribution in [2.45, 2.75) is 46.1 Å². The lowest BCUT2D eigenvalue weighted by Gasteiger charge is -2.43. The van der Waals surface area contributed by atoms with Crippen LogP contribution in [0.5, 0.6) is 0 Å². The van der Waals surface area contributed by atoms with Gasteiger partial charge in [0.05, 0.1) is 0 Å². The van der Waals surface area contributed by atoms with Crippen LogP contribution in [-0.4, -0.2) is 21.2 Å². The first-order chi connectivity index (χ1) is 12.8. The Morgan fingerprint density at radius 2 is 1.48 bits per heavy atom. The van der Waals surface area contributed by atoms with Gasteiger partial charge in [0.15, 0.2) is 0 Å². The van der Waals surface area contributed by atoms with E-state index in [0.717, 1.165) is 18.3 Å². The summed E-state index contributed by atoms with van der Waals surface area (Å²) in [6.45, 7) is 11.5. The second-order valence-electron chi connectivity index (χ2n) is 8.17. The van der Waals surface area contributed by atoms with E-state index in [1.165, 1.54) is 10.4 Å². The maximum absolute atomic E-state index is 11.1. The van der Waals surface area contributed by atoms with E-state index in [1.54, 1.807) is 0 Å². The van der Waals surface area contributed by atoms with E-state index in [2.05, 4.69) is 88.4 Å². The average Bonchev–Trinajstić information content (AvgIpc) is 2.67. The highest BCUT2D eigenvalue weighted by molar-refractivity contribution is 6.99. The van der Waals surface area contributed by atoms with Crippen LogP contribution in [-0.2, 0) is 9.22 Å². The molecule has 0 radical (unpaired) electrons. The molecule has 0 spiro atoms. The van der Waals surface area contributed by atoms with Crippen molar-refractivity contribution in [3.63, 3.8) is 0 Å². The minimum Gasteiger partial charge on any atom is -0.407 e. The Balaban J connectivity index is 2.54. The molecule has 1 atom stereocenters. The SMILES string of the molecule is CC[C@H](/C=C(\C)C=O)CO[Si](c1ccccc1)(c1ccccc1)C(C)(C)C. The van der Waals surface area contributed by atoms with Gasteiger partial charge in [-0.15, -0.1) is 0 Å².